The molecule has 0 aromatic heterocycles. The third kappa shape index (κ3) is 0.804. The van der Waals surface area contributed by atoms with Crippen molar-refractivity contribution in [2.75, 3.05) is 0 Å². The molecule has 8 heteroatoms. The third-order valence-corrected chi connectivity index (χ3v) is 7.16. The van der Waals surface area contributed by atoms with E-state index >= 15 is 0 Å². The van der Waals surface area contributed by atoms with Gasteiger partial charge in [-0.2, -0.15) is 13.2 Å². The van der Waals surface area contributed by atoms with Crippen molar-refractivity contribution < 1.29 is 21.6 Å². The van der Waals surface area contributed by atoms with Gasteiger partial charge >= 0.3 is 5.51 Å². The highest BCUT2D eigenvalue weighted by Crippen LogP contribution is 2.85. The van der Waals surface area contributed by atoms with Crippen LogP contribution in [0.4, 0.5) is 13.2 Å². The van der Waals surface area contributed by atoms with Crippen LogP contribution in [0.5, 0.6) is 0 Å². The average Bonchev–Trinajstić information content (AvgIpc) is 2.64. The summed E-state index contributed by atoms with van der Waals surface area (Å²) in [5.41, 5.74) is -5.27. The second kappa shape index (κ2) is 2.20. The van der Waals surface area contributed by atoms with Gasteiger partial charge in [0.25, 0.3) is 9.84 Å². The number of alkyl halides is 5. The third-order valence-electron chi connectivity index (χ3n) is 3.08. The molecule has 2 aliphatic rings. The Morgan fingerprint density at radius 2 is 1.57 bits per heavy atom. The summed E-state index contributed by atoms with van der Waals surface area (Å²) in [6, 6.07) is 0. The molecule has 2 atom stereocenters. The Labute approximate surface area is 88.3 Å². The van der Waals surface area contributed by atoms with E-state index in [1.165, 1.54) is 6.92 Å². The highest BCUT2D eigenvalue weighted by Gasteiger charge is 3.01. The van der Waals surface area contributed by atoms with Gasteiger partial charge < -0.3 is 0 Å². The molecule has 2 rings (SSSR count). The Morgan fingerprint density at radius 1 is 1.21 bits per heavy atom. The van der Waals surface area contributed by atoms with Crippen molar-refractivity contribution in [3.63, 3.8) is 0 Å². The fourth-order valence-electron chi connectivity index (χ4n) is 1.99. The molecule has 0 amide bonds. The van der Waals surface area contributed by atoms with E-state index in [4.69, 9.17) is 23.2 Å². The molecule has 2 aliphatic carbocycles. The van der Waals surface area contributed by atoms with Crippen LogP contribution in [0.2, 0.25) is 0 Å². The van der Waals surface area contributed by atoms with Gasteiger partial charge in [-0.3, -0.25) is 0 Å². The fourth-order valence-corrected chi connectivity index (χ4v) is 5.85. The van der Waals surface area contributed by atoms with Gasteiger partial charge in [-0.25, -0.2) is 8.42 Å². The molecule has 0 heterocycles. The average molecular weight is 269 g/mol. The SMILES string of the molecule is CC1C2(Cl)C(S(=O)(=O)C(F)(F)F)C12Cl. The molecule has 0 radical (unpaired) electrons. The monoisotopic (exact) mass is 268 g/mol. The van der Waals surface area contributed by atoms with Crippen molar-refractivity contribution >= 4 is 33.0 Å². The highest BCUT2D eigenvalue weighted by atomic mass is 35.5. The quantitative estimate of drug-likeness (QED) is 0.681. The van der Waals surface area contributed by atoms with Crippen LogP contribution in [-0.4, -0.2) is 28.9 Å². The lowest BCUT2D eigenvalue weighted by Crippen LogP contribution is -2.36. The van der Waals surface area contributed by atoms with Crippen molar-refractivity contribution in [1.82, 2.24) is 0 Å². The predicted octanol–water partition coefficient (Wildman–Crippen LogP) is 1.91. The van der Waals surface area contributed by atoms with Gasteiger partial charge in [0.15, 0.2) is 0 Å². The summed E-state index contributed by atoms with van der Waals surface area (Å²) in [5.74, 6) is -0.388. The summed E-state index contributed by atoms with van der Waals surface area (Å²) >= 11 is 11.3. The summed E-state index contributed by atoms with van der Waals surface area (Å²) in [5, 5.41) is -1.68. The minimum atomic E-state index is -5.27. The van der Waals surface area contributed by atoms with Crippen LogP contribution in [0.3, 0.4) is 0 Å². The standard InChI is InChI=1S/C6H5Cl2F3O2S/c1-2-4(7)3(5(2,4)8)14(12,13)6(9,10)11/h2-3H,1H3. The molecule has 14 heavy (non-hydrogen) atoms. The molecule has 0 N–H and O–H groups in total. The maximum atomic E-state index is 12.1. The fraction of sp³-hybridized carbons (Fsp3) is 1.00. The summed E-state index contributed by atoms with van der Waals surface area (Å²) in [4.78, 5) is -2.80. The van der Waals surface area contributed by atoms with Crippen LogP contribution >= 0.6 is 23.2 Å². The molecule has 2 unspecified atom stereocenters. The van der Waals surface area contributed by atoms with Crippen molar-refractivity contribution in [3.05, 3.63) is 0 Å². The van der Waals surface area contributed by atoms with Crippen molar-refractivity contribution in [3.8, 4) is 0 Å². The molecular weight excluding hydrogens is 264 g/mol. The van der Waals surface area contributed by atoms with Crippen LogP contribution in [-0.2, 0) is 9.84 Å². The molecule has 82 valence electrons. The van der Waals surface area contributed by atoms with Gasteiger partial charge in [-0.1, -0.05) is 6.92 Å². The number of hydrogen-bond acceptors (Lipinski definition) is 2. The number of hydrogen-bond donors (Lipinski definition) is 0. The lowest BCUT2D eigenvalue weighted by atomic mass is 10.2. The molecular formula is C6H5Cl2F3O2S. The summed E-state index contributed by atoms with van der Waals surface area (Å²) in [6.45, 7) is 1.53. The number of fused-ring (bicyclic) bond motifs is 1. The molecule has 0 aromatic carbocycles. The van der Waals surface area contributed by atoms with Crippen LogP contribution in [0.15, 0.2) is 0 Å². The normalized spacial score (nSPS) is 51.3. The van der Waals surface area contributed by atoms with Crippen molar-refractivity contribution in [2.45, 2.75) is 27.4 Å². The first-order valence-corrected chi connectivity index (χ1v) is 6.00. The van der Waals surface area contributed by atoms with E-state index in [0.717, 1.165) is 0 Å². The molecule has 2 fully saturated rings. The Balaban J connectivity index is 2.33. The van der Waals surface area contributed by atoms with E-state index in [1.807, 2.05) is 0 Å². The van der Waals surface area contributed by atoms with Crippen molar-refractivity contribution in [2.24, 2.45) is 5.92 Å². The number of sulfone groups is 1. The summed E-state index contributed by atoms with van der Waals surface area (Å²) in [6.07, 6.45) is 0. The molecule has 2 nitrogen and oxygen atoms in total. The van der Waals surface area contributed by atoms with Gasteiger partial charge in [-0.15, -0.1) is 23.2 Å². The summed E-state index contributed by atoms with van der Waals surface area (Å²) < 4.78 is 58.1. The zero-order chi connectivity index (χ0) is 11.2. The first kappa shape index (κ1) is 10.8. The van der Waals surface area contributed by atoms with Crippen LogP contribution in [0, 0.1) is 5.92 Å². The Bertz CT molecular complexity index is 390. The minimum absolute atomic E-state index is 0.388. The number of halogens is 5. The zero-order valence-corrected chi connectivity index (χ0v) is 9.10. The van der Waals surface area contributed by atoms with E-state index in [9.17, 15) is 21.6 Å². The maximum Gasteiger partial charge on any atom is 0.497 e. The lowest BCUT2D eigenvalue weighted by molar-refractivity contribution is -0.0441. The molecule has 0 spiro atoms. The molecule has 0 bridgehead atoms. The van der Waals surface area contributed by atoms with Gasteiger partial charge in [0.05, 0.1) is 9.75 Å². The van der Waals surface area contributed by atoms with Gasteiger partial charge in [0.2, 0.25) is 0 Å². The number of rotatable bonds is 1. The molecule has 2 saturated carbocycles. The maximum absolute atomic E-state index is 12.1. The first-order chi connectivity index (χ1) is 6.02. The Hall–Kier alpha value is 0.320. The second-order valence-electron chi connectivity index (χ2n) is 3.63. The molecule has 0 aliphatic heterocycles. The Kier molecular flexibility index (Phi) is 1.70. The smallest absolute Gasteiger partial charge is 0.219 e. The van der Waals surface area contributed by atoms with E-state index in [0.29, 0.717) is 0 Å². The topological polar surface area (TPSA) is 34.1 Å². The van der Waals surface area contributed by atoms with Crippen LogP contribution in [0.25, 0.3) is 0 Å². The molecule has 0 aromatic rings. The van der Waals surface area contributed by atoms with Gasteiger partial charge in [0.1, 0.15) is 5.25 Å². The molecule has 0 saturated heterocycles. The predicted molar refractivity (Wildman–Crippen MR) is 45.1 cm³/mol. The Morgan fingerprint density at radius 3 is 1.79 bits per heavy atom. The van der Waals surface area contributed by atoms with E-state index in [1.54, 1.807) is 0 Å². The highest BCUT2D eigenvalue weighted by molar-refractivity contribution is 7.93. The van der Waals surface area contributed by atoms with Gasteiger partial charge in [0, 0.05) is 5.92 Å². The van der Waals surface area contributed by atoms with E-state index in [2.05, 4.69) is 0 Å². The lowest BCUT2D eigenvalue weighted by Gasteiger charge is -2.15. The minimum Gasteiger partial charge on any atom is -0.219 e. The second-order valence-corrected chi connectivity index (χ2v) is 6.90. The van der Waals surface area contributed by atoms with Crippen molar-refractivity contribution in [1.29, 1.82) is 0 Å². The van der Waals surface area contributed by atoms with Crippen LogP contribution in [0.1, 0.15) is 6.92 Å². The van der Waals surface area contributed by atoms with Crippen LogP contribution < -0.4 is 0 Å². The van der Waals surface area contributed by atoms with E-state index in [-0.39, 0.29) is 5.92 Å². The van der Waals surface area contributed by atoms with Gasteiger partial charge in [-0.05, 0) is 0 Å². The summed E-state index contributed by atoms with van der Waals surface area (Å²) in [7, 11) is -5.22. The largest absolute Gasteiger partial charge is 0.497 e. The first-order valence-electron chi connectivity index (χ1n) is 3.70. The zero-order valence-electron chi connectivity index (χ0n) is 6.77. The van der Waals surface area contributed by atoms with E-state index < -0.39 is 30.3 Å².